The van der Waals surface area contributed by atoms with Crippen LogP contribution in [0.1, 0.15) is 19.8 Å². The van der Waals surface area contributed by atoms with E-state index in [1.807, 2.05) is 12.1 Å². The molecule has 1 aliphatic heterocycles. The van der Waals surface area contributed by atoms with Crippen molar-refractivity contribution < 1.29 is 17.9 Å². The Balaban J connectivity index is 1.73. The lowest BCUT2D eigenvalue weighted by atomic mass is 10.3. The minimum Gasteiger partial charge on any atom is -0.481 e. The van der Waals surface area contributed by atoms with Crippen LogP contribution in [0, 0.1) is 0 Å². The third kappa shape index (κ3) is 4.86. The number of halogens is 2. The average molecular weight is 488 g/mol. The van der Waals surface area contributed by atoms with Gasteiger partial charge in [-0.2, -0.15) is 4.31 Å². The van der Waals surface area contributed by atoms with Crippen LogP contribution in [0.4, 0.5) is 5.69 Å². The molecule has 0 spiro atoms. The standard InChI is InChI=1S/C19H20BrClN2O4S/c1-13(27-16-7-4-14(20)5-8-16)19(24)22-15-6-9-17(21)18(12-15)28(25,26)23-10-2-3-11-23/h4-9,12-13H,2-3,10-11H2,1H3,(H,22,24). The van der Waals surface area contributed by atoms with Crippen molar-refractivity contribution in [2.75, 3.05) is 18.4 Å². The van der Waals surface area contributed by atoms with Gasteiger partial charge in [0.25, 0.3) is 5.91 Å². The molecule has 0 radical (unpaired) electrons. The number of benzene rings is 2. The lowest BCUT2D eigenvalue weighted by Crippen LogP contribution is -2.30. The summed E-state index contributed by atoms with van der Waals surface area (Å²) in [5.74, 6) is 0.161. The number of anilines is 1. The van der Waals surface area contributed by atoms with Gasteiger partial charge in [-0.15, -0.1) is 0 Å². The molecule has 2 aromatic carbocycles. The lowest BCUT2D eigenvalue weighted by molar-refractivity contribution is -0.122. The van der Waals surface area contributed by atoms with E-state index >= 15 is 0 Å². The second-order valence-electron chi connectivity index (χ2n) is 6.46. The molecule has 150 valence electrons. The summed E-state index contributed by atoms with van der Waals surface area (Å²) in [5.41, 5.74) is 0.346. The summed E-state index contributed by atoms with van der Waals surface area (Å²) in [4.78, 5) is 12.4. The minimum absolute atomic E-state index is 0.00431. The fourth-order valence-electron chi connectivity index (χ4n) is 2.86. The fraction of sp³-hybridized carbons (Fsp3) is 0.316. The first kappa shape index (κ1) is 21.1. The van der Waals surface area contributed by atoms with E-state index in [0.717, 1.165) is 17.3 Å². The monoisotopic (exact) mass is 486 g/mol. The number of hydrogen-bond donors (Lipinski definition) is 1. The van der Waals surface area contributed by atoms with Gasteiger partial charge in [0.1, 0.15) is 10.6 Å². The van der Waals surface area contributed by atoms with Crippen LogP contribution in [-0.4, -0.2) is 37.8 Å². The highest BCUT2D eigenvalue weighted by Crippen LogP contribution is 2.29. The highest BCUT2D eigenvalue weighted by atomic mass is 79.9. The molecule has 1 N–H and O–H groups in total. The van der Waals surface area contributed by atoms with Gasteiger partial charge in [0.15, 0.2) is 6.10 Å². The fourth-order valence-corrected chi connectivity index (χ4v) is 5.14. The molecule has 3 rings (SSSR count). The molecule has 1 fully saturated rings. The van der Waals surface area contributed by atoms with Gasteiger partial charge in [0, 0.05) is 23.2 Å². The maximum absolute atomic E-state index is 12.8. The van der Waals surface area contributed by atoms with Crippen molar-refractivity contribution in [3.05, 3.63) is 52.0 Å². The largest absolute Gasteiger partial charge is 0.481 e. The van der Waals surface area contributed by atoms with Crippen molar-refractivity contribution in [3.63, 3.8) is 0 Å². The number of carbonyl (C=O) groups is 1. The molecule has 1 heterocycles. The molecule has 1 atom stereocenters. The first-order valence-electron chi connectivity index (χ1n) is 8.80. The topological polar surface area (TPSA) is 75.7 Å². The van der Waals surface area contributed by atoms with Crippen LogP contribution < -0.4 is 10.1 Å². The van der Waals surface area contributed by atoms with Gasteiger partial charge < -0.3 is 10.1 Å². The first-order valence-corrected chi connectivity index (χ1v) is 11.4. The summed E-state index contributed by atoms with van der Waals surface area (Å²) < 4.78 is 33.5. The molecule has 9 heteroatoms. The summed E-state index contributed by atoms with van der Waals surface area (Å²) in [5, 5.41) is 2.82. The molecule has 28 heavy (non-hydrogen) atoms. The van der Waals surface area contributed by atoms with Crippen molar-refractivity contribution in [1.82, 2.24) is 4.31 Å². The van der Waals surface area contributed by atoms with E-state index < -0.39 is 22.0 Å². The van der Waals surface area contributed by atoms with Gasteiger partial charge in [-0.1, -0.05) is 27.5 Å². The van der Waals surface area contributed by atoms with E-state index in [-0.39, 0.29) is 9.92 Å². The molecule has 0 aliphatic carbocycles. The Morgan fingerprint density at radius 1 is 1.18 bits per heavy atom. The van der Waals surface area contributed by atoms with Crippen LogP contribution in [-0.2, 0) is 14.8 Å². The number of nitrogens with zero attached hydrogens (tertiary/aromatic N) is 1. The van der Waals surface area contributed by atoms with Gasteiger partial charge in [-0.05, 0) is 62.2 Å². The smallest absolute Gasteiger partial charge is 0.265 e. The number of carbonyl (C=O) groups excluding carboxylic acids is 1. The lowest BCUT2D eigenvalue weighted by Gasteiger charge is -2.18. The highest BCUT2D eigenvalue weighted by molar-refractivity contribution is 9.10. The first-order chi connectivity index (χ1) is 13.3. The molecule has 1 amide bonds. The Morgan fingerprint density at radius 3 is 2.46 bits per heavy atom. The van der Waals surface area contributed by atoms with Gasteiger partial charge in [-0.25, -0.2) is 8.42 Å². The van der Waals surface area contributed by atoms with Crippen LogP contribution in [0.25, 0.3) is 0 Å². The third-order valence-corrected chi connectivity index (χ3v) is 7.29. The molecule has 0 saturated carbocycles. The van der Waals surface area contributed by atoms with E-state index in [2.05, 4.69) is 21.2 Å². The zero-order chi connectivity index (χ0) is 20.3. The summed E-state index contributed by atoms with van der Waals surface area (Å²) >= 11 is 9.47. The van der Waals surface area contributed by atoms with Crippen LogP contribution in [0.5, 0.6) is 5.75 Å². The number of sulfonamides is 1. The average Bonchev–Trinajstić information content (AvgIpc) is 3.20. The Bertz CT molecular complexity index is 960. The van der Waals surface area contributed by atoms with Crippen molar-refractivity contribution >= 4 is 49.1 Å². The Morgan fingerprint density at radius 2 is 1.82 bits per heavy atom. The van der Waals surface area contributed by atoms with Crippen LogP contribution >= 0.6 is 27.5 Å². The number of hydrogen-bond acceptors (Lipinski definition) is 4. The van der Waals surface area contributed by atoms with Crippen LogP contribution in [0.2, 0.25) is 5.02 Å². The molecule has 0 bridgehead atoms. The second kappa shape index (κ2) is 8.82. The molecule has 6 nitrogen and oxygen atoms in total. The molecule has 2 aromatic rings. The van der Waals surface area contributed by atoms with Crippen LogP contribution in [0.15, 0.2) is 51.8 Å². The summed E-state index contributed by atoms with van der Waals surface area (Å²) in [7, 11) is -3.69. The van der Waals surface area contributed by atoms with E-state index in [4.69, 9.17) is 16.3 Å². The second-order valence-corrected chi connectivity index (χ2v) is 9.69. The maximum atomic E-state index is 12.8. The molecular formula is C19H20BrClN2O4S. The van der Waals surface area contributed by atoms with E-state index in [9.17, 15) is 13.2 Å². The predicted octanol–water partition coefficient (Wildman–Crippen LogP) is 4.29. The summed E-state index contributed by atoms with van der Waals surface area (Å²) in [6.07, 6.45) is 0.895. The third-order valence-electron chi connectivity index (χ3n) is 4.38. The van der Waals surface area contributed by atoms with Crippen molar-refractivity contribution in [2.45, 2.75) is 30.8 Å². The number of amides is 1. The molecule has 0 aromatic heterocycles. The van der Waals surface area contributed by atoms with Crippen molar-refractivity contribution in [3.8, 4) is 5.75 Å². The van der Waals surface area contributed by atoms with E-state index in [0.29, 0.717) is 24.5 Å². The molecular weight excluding hydrogens is 468 g/mol. The Kier molecular flexibility index (Phi) is 6.65. The zero-order valence-electron chi connectivity index (χ0n) is 15.2. The maximum Gasteiger partial charge on any atom is 0.265 e. The zero-order valence-corrected chi connectivity index (χ0v) is 18.4. The van der Waals surface area contributed by atoms with Gasteiger partial charge >= 0.3 is 0 Å². The van der Waals surface area contributed by atoms with Crippen LogP contribution in [0.3, 0.4) is 0 Å². The van der Waals surface area contributed by atoms with E-state index in [1.165, 1.54) is 16.4 Å². The number of ether oxygens (including phenoxy) is 1. The SMILES string of the molecule is CC(Oc1ccc(Br)cc1)C(=O)Nc1ccc(Cl)c(S(=O)(=O)N2CCCC2)c1. The predicted molar refractivity (Wildman–Crippen MR) is 112 cm³/mol. The minimum atomic E-state index is -3.69. The Labute approximate surface area is 178 Å². The number of rotatable bonds is 6. The molecule has 1 aliphatic rings. The number of nitrogens with one attached hydrogen (secondary N) is 1. The van der Waals surface area contributed by atoms with Crippen molar-refractivity contribution in [2.24, 2.45) is 0 Å². The van der Waals surface area contributed by atoms with Gasteiger partial charge in [-0.3, -0.25) is 4.79 Å². The molecule has 1 saturated heterocycles. The Hall–Kier alpha value is -1.61. The normalized spacial score (nSPS) is 16.0. The molecule has 1 unspecified atom stereocenters. The van der Waals surface area contributed by atoms with Gasteiger partial charge in [0.2, 0.25) is 10.0 Å². The van der Waals surface area contributed by atoms with Crippen molar-refractivity contribution in [1.29, 1.82) is 0 Å². The summed E-state index contributed by atoms with van der Waals surface area (Å²) in [6, 6.07) is 11.5. The van der Waals surface area contributed by atoms with Gasteiger partial charge in [0.05, 0.1) is 5.02 Å². The highest BCUT2D eigenvalue weighted by Gasteiger charge is 2.29. The van der Waals surface area contributed by atoms with E-state index in [1.54, 1.807) is 25.1 Å². The summed E-state index contributed by atoms with van der Waals surface area (Å²) in [6.45, 7) is 2.58. The quantitative estimate of drug-likeness (QED) is 0.659.